The standard InChI is InChI=1S/C14H18Cl2N2O2/c15-10-3-4-13(11(16)7-10)20-6-5-14(19)18-12(8-17)9-1-2-9/h3-4,7,9,12H,1-2,5-6,8,17H2,(H,18,19). The van der Waals surface area contributed by atoms with Gasteiger partial charge in [0.2, 0.25) is 5.91 Å². The number of benzene rings is 1. The zero-order chi connectivity index (χ0) is 14.5. The average molecular weight is 317 g/mol. The Balaban J connectivity index is 1.73. The van der Waals surface area contributed by atoms with E-state index >= 15 is 0 Å². The van der Waals surface area contributed by atoms with Crippen molar-refractivity contribution in [3.63, 3.8) is 0 Å². The lowest BCUT2D eigenvalue weighted by Gasteiger charge is -2.16. The summed E-state index contributed by atoms with van der Waals surface area (Å²) in [6.45, 7) is 0.759. The minimum atomic E-state index is -0.0440. The van der Waals surface area contributed by atoms with Crippen molar-refractivity contribution in [2.75, 3.05) is 13.2 Å². The van der Waals surface area contributed by atoms with Gasteiger partial charge >= 0.3 is 0 Å². The number of halogens is 2. The van der Waals surface area contributed by atoms with Crippen LogP contribution in [0.5, 0.6) is 5.75 Å². The summed E-state index contributed by atoms with van der Waals surface area (Å²) in [4.78, 5) is 11.8. The molecule has 1 aromatic carbocycles. The van der Waals surface area contributed by atoms with Crippen molar-refractivity contribution >= 4 is 29.1 Å². The summed E-state index contributed by atoms with van der Waals surface area (Å²) < 4.78 is 5.47. The second kappa shape index (κ2) is 7.16. The molecule has 1 aliphatic carbocycles. The molecule has 0 saturated heterocycles. The molecule has 1 fully saturated rings. The summed E-state index contributed by atoms with van der Waals surface area (Å²) >= 11 is 11.8. The first-order chi connectivity index (χ1) is 9.60. The van der Waals surface area contributed by atoms with Crippen LogP contribution < -0.4 is 15.8 Å². The maximum Gasteiger partial charge on any atom is 0.223 e. The van der Waals surface area contributed by atoms with Gasteiger partial charge in [0, 0.05) is 17.6 Å². The third-order valence-corrected chi connectivity index (χ3v) is 3.80. The Kier molecular flexibility index (Phi) is 5.52. The quantitative estimate of drug-likeness (QED) is 0.812. The predicted molar refractivity (Wildman–Crippen MR) is 80.3 cm³/mol. The lowest BCUT2D eigenvalue weighted by atomic mass is 10.2. The monoisotopic (exact) mass is 316 g/mol. The Morgan fingerprint density at radius 1 is 1.45 bits per heavy atom. The number of hydrogen-bond donors (Lipinski definition) is 2. The first kappa shape index (κ1) is 15.4. The normalized spacial score (nSPS) is 15.8. The van der Waals surface area contributed by atoms with E-state index < -0.39 is 0 Å². The number of nitrogens with two attached hydrogens (primary N) is 1. The third-order valence-electron chi connectivity index (χ3n) is 3.27. The first-order valence-electron chi connectivity index (χ1n) is 6.67. The Morgan fingerprint density at radius 3 is 2.80 bits per heavy atom. The summed E-state index contributed by atoms with van der Waals surface area (Å²) in [7, 11) is 0. The minimum absolute atomic E-state index is 0.0440. The van der Waals surface area contributed by atoms with Crippen LogP contribution in [0, 0.1) is 5.92 Å². The second-order valence-corrected chi connectivity index (χ2v) is 5.76. The van der Waals surface area contributed by atoms with Gasteiger partial charge in [-0.15, -0.1) is 0 Å². The van der Waals surface area contributed by atoms with Crippen LogP contribution >= 0.6 is 23.2 Å². The second-order valence-electron chi connectivity index (χ2n) is 4.92. The van der Waals surface area contributed by atoms with E-state index in [0.29, 0.717) is 28.3 Å². The van der Waals surface area contributed by atoms with E-state index in [1.807, 2.05) is 0 Å². The molecule has 1 amide bonds. The lowest BCUT2D eigenvalue weighted by Crippen LogP contribution is -2.42. The Labute approximate surface area is 128 Å². The molecule has 1 atom stereocenters. The van der Waals surface area contributed by atoms with Gasteiger partial charge in [0.1, 0.15) is 5.75 Å². The fourth-order valence-electron chi connectivity index (χ4n) is 1.99. The van der Waals surface area contributed by atoms with E-state index in [4.69, 9.17) is 33.7 Å². The van der Waals surface area contributed by atoms with Crippen LogP contribution in [0.2, 0.25) is 10.0 Å². The molecule has 1 aliphatic rings. The Hall–Kier alpha value is -0.970. The molecule has 0 radical (unpaired) electrons. The highest BCUT2D eigenvalue weighted by atomic mass is 35.5. The maximum absolute atomic E-state index is 11.8. The summed E-state index contributed by atoms with van der Waals surface area (Å²) in [5.74, 6) is 1.04. The van der Waals surface area contributed by atoms with Crippen LogP contribution in [0.3, 0.4) is 0 Å². The Bertz CT molecular complexity index is 478. The van der Waals surface area contributed by atoms with Crippen LogP contribution in [0.1, 0.15) is 19.3 Å². The van der Waals surface area contributed by atoms with Gasteiger partial charge in [-0.3, -0.25) is 4.79 Å². The molecule has 6 heteroatoms. The highest BCUT2D eigenvalue weighted by molar-refractivity contribution is 6.35. The zero-order valence-corrected chi connectivity index (χ0v) is 12.6. The number of ether oxygens (including phenoxy) is 1. The highest BCUT2D eigenvalue weighted by Crippen LogP contribution is 2.32. The molecule has 0 aliphatic heterocycles. The van der Waals surface area contributed by atoms with Crippen molar-refractivity contribution in [2.45, 2.75) is 25.3 Å². The predicted octanol–water partition coefficient (Wildman–Crippen LogP) is 2.62. The summed E-state index contributed by atoms with van der Waals surface area (Å²) in [6, 6.07) is 5.09. The van der Waals surface area contributed by atoms with Gasteiger partial charge < -0.3 is 15.8 Å². The SMILES string of the molecule is NCC(NC(=O)CCOc1ccc(Cl)cc1Cl)C1CC1. The van der Waals surface area contributed by atoms with Crippen LogP contribution in [0.15, 0.2) is 18.2 Å². The van der Waals surface area contributed by atoms with Crippen LogP contribution in [-0.4, -0.2) is 25.1 Å². The van der Waals surface area contributed by atoms with Crippen LogP contribution in [-0.2, 0) is 4.79 Å². The molecule has 0 aromatic heterocycles. The minimum Gasteiger partial charge on any atom is -0.491 e. The molecule has 0 bridgehead atoms. The maximum atomic E-state index is 11.8. The average Bonchev–Trinajstić information content (AvgIpc) is 3.23. The summed E-state index contributed by atoms with van der Waals surface area (Å²) in [5.41, 5.74) is 5.64. The van der Waals surface area contributed by atoms with Crippen molar-refractivity contribution < 1.29 is 9.53 Å². The molecular formula is C14H18Cl2N2O2. The van der Waals surface area contributed by atoms with Crippen LogP contribution in [0.4, 0.5) is 0 Å². The van der Waals surface area contributed by atoms with Gasteiger partial charge in [-0.2, -0.15) is 0 Å². The van der Waals surface area contributed by atoms with Gasteiger partial charge in [0.05, 0.1) is 18.1 Å². The van der Waals surface area contributed by atoms with Gasteiger partial charge in [0.15, 0.2) is 0 Å². The number of carbonyl (C=O) groups is 1. The molecule has 20 heavy (non-hydrogen) atoms. The van der Waals surface area contributed by atoms with Gasteiger partial charge in [-0.05, 0) is 37.0 Å². The van der Waals surface area contributed by atoms with E-state index in [1.54, 1.807) is 18.2 Å². The number of rotatable bonds is 7. The van der Waals surface area contributed by atoms with Crippen molar-refractivity contribution in [3.8, 4) is 5.75 Å². The molecule has 2 rings (SSSR count). The fraction of sp³-hybridized carbons (Fsp3) is 0.500. The van der Waals surface area contributed by atoms with Crippen LogP contribution in [0.25, 0.3) is 0 Å². The lowest BCUT2D eigenvalue weighted by molar-refractivity contribution is -0.122. The van der Waals surface area contributed by atoms with Crippen molar-refractivity contribution in [1.82, 2.24) is 5.32 Å². The summed E-state index contributed by atoms with van der Waals surface area (Å²) in [5, 5.41) is 3.93. The molecular weight excluding hydrogens is 299 g/mol. The van der Waals surface area contributed by atoms with E-state index in [0.717, 1.165) is 12.8 Å². The molecule has 1 unspecified atom stereocenters. The number of hydrogen-bond acceptors (Lipinski definition) is 3. The smallest absolute Gasteiger partial charge is 0.223 e. The molecule has 1 aromatic rings. The van der Waals surface area contributed by atoms with Crippen molar-refractivity contribution in [3.05, 3.63) is 28.2 Å². The number of carbonyl (C=O) groups excluding carboxylic acids is 1. The van der Waals surface area contributed by atoms with Gasteiger partial charge in [0.25, 0.3) is 0 Å². The summed E-state index contributed by atoms with van der Waals surface area (Å²) in [6.07, 6.45) is 2.58. The number of nitrogens with one attached hydrogen (secondary N) is 1. The Morgan fingerprint density at radius 2 is 2.20 bits per heavy atom. The van der Waals surface area contributed by atoms with E-state index in [2.05, 4.69) is 5.32 Å². The molecule has 3 N–H and O–H groups in total. The first-order valence-corrected chi connectivity index (χ1v) is 7.43. The fourth-order valence-corrected chi connectivity index (χ4v) is 2.46. The molecule has 110 valence electrons. The van der Waals surface area contributed by atoms with Crippen molar-refractivity contribution in [1.29, 1.82) is 0 Å². The highest BCUT2D eigenvalue weighted by Gasteiger charge is 2.31. The molecule has 0 spiro atoms. The molecule has 0 heterocycles. The zero-order valence-electron chi connectivity index (χ0n) is 11.1. The topological polar surface area (TPSA) is 64.3 Å². The molecule has 1 saturated carbocycles. The van der Waals surface area contributed by atoms with Gasteiger partial charge in [-0.1, -0.05) is 23.2 Å². The third kappa shape index (κ3) is 4.54. The number of amides is 1. The van der Waals surface area contributed by atoms with E-state index in [1.165, 1.54) is 0 Å². The van der Waals surface area contributed by atoms with Gasteiger partial charge in [-0.25, -0.2) is 0 Å². The van der Waals surface area contributed by atoms with Crippen molar-refractivity contribution in [2.24, 2.45) is 11.7 Å². The molecule has 4 nitrogen and oxygen atoms in total. The largest absolute Gasteiger partial charge is 0.491 e. The van der Waals surface area contributed by atoms with E-state index in [9.17, 15) is 4.79 Å². The van der Waals surface area contributed by atoms with E-state index in [-0.39, 0.29) is 25.0 Å².